The van der Waals surface area contributed by atoms with E-state index in [-0.39, 0.29) is 18.5 Å². The average Bonchev–Trinajstić information content (AvgIpc) is 3.45. The van der Waals surface area contributed by atoms with Gasteiger partial charge in [0.15, 0.2) is 6.29 Å². The first kappa shape index (κ1) is 74.9. The van der Waals surface area contributed by atoms with Gasteiger partial charge in [0.25, 0.3) is 0 Å². The van der Waals surface area contributed by atoms with Crippen LogP contribution in [0.15, 0.2) is 85.1 Å². The highest BCUT2D eigenvalue weighted by Crippen LogP contribution is 2.23. The number of allylic oxidation sites excluding steroid dienone is 13. The zero-order valence-electron chi connectivity index (χ0n) is 51.0. The Hall–Kier alpha value is -3.16. The molecule has 1 fully saturated rings. The summed E-state index contributed by atoms with van der Waals surface area (Å²) in [7, 11) is 0. The molecular formula is C69H121NO10. The number of amides is 1. The minimum atomic E-state index is -1.58. The van der Waals surface area contributed by atoms with Gasteiger partial charge in [-0.25, -0.2) is 0 Å². The Kier molecular flexibility index (Phi) is 53.9. The van der Waals surface area contributed by atoms with Gasteiger partial charge in [-0.05, 0) is 116 Å². The molecule has 7 unspecified atom stereocenters. The molecule has 1 aliphatic rings. The van der Waals surface area contributed by atoms with Gasteiger partial charge in [-0.2, -0.15) is 0 Å². The zero-order valence-corrected chi connectivity index (χ0v) is 51.0. The van der Waals surface area contributed by atoms with Gasteiger partial charge in [0, 0.05) is 12.8 Å². The summed E-state index contributed by atoms with van der Waals surface area (Å²) in [6.45, 7) is 4.06. The highest BCUT2D eigenvalue weighted by atomic mass is 16.7. The van der Waals surface area contributed by atoms with Crippen LogP contribution in [0.3, 0.4) is 0 Å². The molecule has 1 saturated heterocycles. The Morgan fingerprint density at radius 3 is 1.38 bits per heavy atom. The van der Waals surface area contributed by atoms with Crippen molar-refractivity contribution < 1.29 is 49.3 Å². The molecule has 0 spiro atoms. The summed E-state index contributed by atoms with van der Waals surface area (Å²) >= 11 is 0. The molecule has 0 bridgehead atoms. The molecule has 0 aromatic carbocycles. The first-order chi connectivity index (χ1) is 39.2. The van der Waals surface area contributed by atoms with Crippen LogP contribution in [0.1, 0.15) is 277 Å². The maximum Gasteiger partial charge on any atom is 0.305 e. The molecule has 80 heavy (non-hydrogen) atoms. The van der Waals surface area contributed by atoms with E-state index in [1.807, 2.05) is 19.1 Å². The van der Waals surface area contributed by atoms with Crippen molar-refractivity contribution in [1.29, 1.82) is 0 Å². The molecule has 1 amide bonds. The lowest BCUT2D eigenvalue weighted by Gasteiger charge is -2.40. The number of hydrogen-bond donors (Lipinski definition) is 6. The van der Waals surface area contributed by atoms with Crippen LogP contribution in [0.4, 0.5) is 0 Å². The lowest BCUT2D eigenvalue weighted by Crippen LogP contribution is -2.60. The van der Waals surface area contributed by atoms with E-state index >= 15 is 0 Å². The van der Waals surface area contributed by atoms with E-state index in [0.717, 1.165) is 89.9 Å². The molecule has 0 aromatic heterocycles. The third kappa shape index (κ3) is 46.3. The summed E-state index contributed by atoms with van der Waals surface area (Å²) in [6.07, 6.45) is 68.7. The number of aliphatic hydroxyl groups excluding tert-OH is 5. The largest absolute Gasteiger partial charge is 0.466 e. The first-order valence-corrected chi connectivity index (χ1v) is 32.8. The fourth-order valence-electron chi connectivity index (χ4n) is 9.83. The number of nitrogens with one attached hydrogen (secondary N) is 1. The molecule has 1 heterocycles. The molecule has 6 N–H and O–H groups in total. The summed E-state index contributed by atoms with van der Waals surface area (Å²) in [5.41, 5.74) is 0. The van der Waals surface area contributed by atoms with E-state index in [0.29, 0.717) is 25.9 Å². The Morgan fingerprint density at radius 1 is 0.487 bits per heavy atom. The van der Waals surface area contributed by atoms with E-state index in [4.69, 9.17) is 14.2 Å². The van der Waals surface area contributed by atoms with Gasteiger partial charge in [-0.15, -0.1) is 0 Å². The van der Waals surface area contributed by atoms with Gasteiger partial charge in [0.05, 0.1) is 32.0 Å². The van der Waals surface area contributed by atoms with E-state index in [9.17, 15) is 35.1 Å². The molecule has 1 aliphatic heterocycles. The fourth-order valence-corrected chi connectivity index (χ4v) is 9.83. The fraction of sp³-hybridized carbons (Fsp3) is 0.768. The topological polar surface area (TPSA) is 175 Å². The van der Waals surface area contributed by atoms with Gasteiger partial charge in [-0.1, -0.05) is 233 Å². The van der Waals surface area contributed by atoms with E-state index in [1.165, 1.54) is 154 Å². The van der Waals surface area contributed by atoms with Gasteiger partial charge < -0.3 is 45.1 Å². The zero-order chi connectivity index (χ0) is 58.0. The molecule has 7 atom stereocenters. The lowest BCUT2D eigenvalue weighted by molar-refractivity contribution is -0.302. The highest BCUT2D eigenvalue weighted by Gasteiger charge is 2.44. The Morgan fingerprint density at radius 2 is 0.900 bits per heavy atom. The number of carbonyl (C=O) groups excluding carboxylic acids is 2. The van der Waals surface area contributed by atoms with Gasteiger partial charge in [0.2, 0.25) is 5.91 Å². The number of aliphatic hydroxyl groups is 5. The number of rotatable bonds is 56. The maximum atomic E-state index is 13.0. The first-order valence-electron chi connectivity index (χ1n) is 32.8. The summed E-state index contributed by atoms with van der Waals surface area (Å²) in [6, 6.07) is -0.840. The van der Waals surface area contributed by atoms with E-state index in [2.05, 4.69) is 79.1 Å². The molecule has 0 aliphatic carbocycles. The Labute approximate surface area is 489 Å². The van der Waals surface area contributed by atoms with Crippen LogP contribution in [-0.2, 0) is 23.8 Å². The van der Waals surface area contributed by atoms with Crippen molar-refractivity contribution in [1.82, 2.24) is 5.32 Å². The van der Waals surface area contributed by atoms with Crippen molar-refractivity contribution >= 4 is 11.9 Å². The standard InChI is InChI=1S/C69H121NO10/c1-3-5-7-9-11-13-14-15-16-17-28-31-34-37-41-45-49-53-57-65(74)78-58-54-50-46-42-38-35-32-29-26-24-22-20-18-19-21-23-25-27-30-33-36-40-44-48-52-56-64(73)70-61(62(72)55-51-47-43-39-12-10-8-6-4-2)60-79-69-68(77)67(76)66(75)63(59-71)80-69/h4,6,12-14,16-17,19-22,39,51,55,61-63,66-69,71-72,75-77H,3,5,7-11,15,18,23-38,40-50,52-54,56-60H2,1-2H3,(H,70,73)/b6-4+,14-13-,17-16-,21-19-,22-20-,39-12+,55-51+. The van der Waals surface area contributed by atoms with Crippen LogP contribution < -0.4 is 5.32 Å². The molecular weight excluding hydrogens is 1000 g/mol. The minimum absolute atomic E-state index is 0.0106. The van der Waals surface area contributed by atoms with Gasteiger partial charge in [0.1, 0.15) is 24.4 Å². The Bertz CT molecular complexity index is 1600. The van der Waals surface area contributed by atoms with Crippen LogP contribution >= 0.6 is 0 Å². The molecule has 0 radical (unpaired) electrons. The normalized spacial score (nSPS) is 18.9. The number of esters is 1. The van der Waals surface area contributed by atoms with Crippen LogP contribution in [-0.4, -0.2) is 100 Å². The second kappa shape index (κ2) is 57.6. The third-order valence-electron chi connectivity index (χ3n) is 15.0. The predicted molar refractivity (Wildman–Crippen MR) is 333 cm³/mol. The number of hydrogen-bond acceptors (Lipinski definition) is 10. The molecule has 0 aromatic rings. The molecule has 462 valence electrons. The van der Waals surface area contributed by atoms with Crippen molar-refractivity contribution in [2.75, 3.05) is 19.8 Å². The van der Waals surface area contributed by atoms with Crippen LogP contribution in [0, 0.1) is 0 Å². The molecule has 11 nitrogen and oxygen atoms in total. The monoisotopic (exact) mass is 1120 g/mol. The van der Waals surface area contributed by atoms with Crippen LogP contribution in [0.5, 0.6) is 0 Å². The lowest BCUT2D eigenvalue weighted by atomic mass is 9.99. The SMILES string of the molecule is C/C=C/CC/C=C/CC/C=C/C(O)C(COC1OC(CO)C(O)C(O)C1O)NC(=O)CCCCCCCCCCC/C=C\C/C=C\CCCCCCCCCCCOC(=O)CCCCCCCCC/C=C\C/C=C\CCCCCC. The van der Waals surface area contributed by atoms with Crippen molar-refractivity contribution in [3.8, 4) is 0 Å². The van der Waals surface area contributed by atoms with E-state index < -0.39 is 49.5 Å². The molecule has 11 heteroatoms. The second-order valence-electron chi connectivity index (χ2n) is 22.5. The number of ether oxygens (including phenoxy) is 3. The predicted octanol–water partition coefficient (Wildman–Crippen LogP) is 16.1. The van der Waals surface area contributed by atoms with Gasteiger partial charge >= 0.3 is 5.97 Å². The minimum Gasteiger partial charge on any atom is -0.466 e. The summed E-state index contributed by atoms with van der Waals surface area (Å²) in [5, 5.41) is 54.2. The van der Waals surface area contributed by atoms with Crippen molar-refractivity contribution in [3.63, 3.8) is 0 Å². The second-order valence-corrected chi connectivity index (χ2v) is 22.5. The Balaban J connectivity index is 1.97. The summed E-state index contributed by atoms with van der Waals surface area (Å²) in [4.78, 5) is 25.1. The van der Waals surface area contributed by atoms with E-state index in [1.54, 1.807) is 6.08 Å². The highest BCUT2D eigenvalue weighted by molar-refractivity contribution is 5.76. The van der Waals surface area contributed by atoms with Crippen LogP contribution in [0.25, 0.3) is 0 Å². The van der Waals surface area contributed by atoms with Crippen molar-refractivity contribution in [2.24, 2.45) is 0 Å². The maximum absolute atomic E-state index is 13.0. The van der Waals surface area contributed by atoms with Crippen molar-refractivity contribution in [2.45, 2.75) is 320 Å². The average molecular weight is 1120 g/mol. The number of unbranched alkanes of at least 4 members (excludes halogenated alkanes) is 31. The molecule has 0 saturated carbocycles. The number of carbonyl (C=O) groups is 2. The van der Waals surface area contributed by atoms with Gasteiger partial charge in [-0.3, -0.25) is 9.59 Å². The molecule has 1 rings (SSSR count). The smallest absolute Gasteiger partial charge is 0.305 e. The third-order valence-corrected chi connectivity index (χ3v) is 15.0. The van der Waals surface area contributed by atoms with Crippen LogP contribution in [0.2, 0.25) is 0 Å². The summed E-state index contributed by atoms with van der Waals surface area (Å²) < 4.78 is 16.7. The summed E-state index contributed by atoms with van der Waals surface area (Å²) in [5.74, 6) is -0.218. The van der Waals surface area contributed by atoms with Crippen molar-refractivity contribution in [3.05, 3.63) is 85.1 Å². The quantitative estimate of drug-likeness (QED) is 0.0195.